The summed E-state index contributed by atoms with van der Waals surface area (Å²) >= 11 is 4.93. The van der Waals surface area contributed by atoms with E-state index in [0.717, 1.165) is 0 Å². The van der Waals surface area contributed by atoms with Gasteiger partial charge in [-0.05, 0) is 5.16 Å². The largest absolute Gasteiger partial charge is 0.480 e. The van der Waals surface area contributed by atoms with E-state index in [2.05, 4.69) is 14.3 Å². The zero-order chi connectivity index (χ0) is 19.9. The first-order valence-corrected chi connectivity index (χ1v) is 6.26. The smallest absolute Gasteiger partial charge is 0.419 e. The van der Waals surface area contributed by atoms with Gasteiger partial charge >= 0.3 is 30.4 Å². The highest BCUT2D eigenvalue weighted by molar-refractivity contribution is 6.17. The van der Waals surface area contributed by atoms with E-state index < -0.39 is 54.7 Å². The molecule has 0 aromatic heterocycles. The third-order valence-corrected chi connectivity index (χ3v) is 2.70. The Bertz CT molecular complexity index is 498. The molecule has 148 valence electrons. The molecule has 0 amide bonds. The molecule has 0 bridgehead atoms. The minimum absolute atomic E-state index is 0.751. The third-order valence-electron chi connectivity index (χ3n) is 2.54. The molecule has 0 saturated heterocycles. The average Bonchev–Trinajstić information content (AvgIpc) is 2.79. The van der Waals surface area contributed by atoms with Crippen LogP contribution in [-0.4, -0.2) is 48.8 Å². The number of rotatable bonds is 5. The van der Waals surface area contributed by atoms with Crippen molar-refractivity contribution in [2.45, 2.75) is 30.4 Å². The summed E-state index contributed by atoms with van der Waals surface area (Å²) in [6.07, 6.45) is -24.4. The number of oxime groups is 1. The SMILES string of the molecule is FC(F)(F)C(C1=NOC(C(F)(F)F)(C(F)(F)F)O1)C(F)(F)OCCCl. The van der Waals surface area contributed by atoms with Crippen molar-refractivity contribution in [2.24, 2.45) is 11.1 Å². The molecule has 0 aromatic carbocycles. The quantitative estimate of drug-likeness (QED) is 0.495. The molecule has 0 N–H and O–H groups in total. The molecule has 1 unspecified atom stereocenters. The molecular formula is C9H5ClF11NO3. The Hall–Kier alpha value is -1.25. The fourth-order valence-electron chi connectivity index (χ4n) is 1.52. The zero-order valence-corrected chi connectivity index (χ0v) is 12.0. The topological polar surface area (TPSA) is 40.0 Å². The summed E-state index contributed by atoms with van der Waals surface area (Å²) in [5.41, 5.74) is 0. The van der Waals surface area contributed by atoms with E-state index in [1.54, 1.807) is 5.16 Å². The highest BCUT2D eigenvalue weighted by Gasteiger charge is 2.81. The standard InChI is InChI=1S/C9H5ClF11NO3/c10-1-2-23-6(14,15)3(5(11,12)13)4-22-25-7(24-4,8(16,17)18)9(19,20)21/h3H,1-2H2. The van der Waals surface area contributed by atoms with E-state index in [4.69, 9.17) is 11.6 Å². The van der Waals surface area contributed by atoms with Crippen molar-refractivity contribution in [1.29, 1.82) is 0 Å². The van der Waals surface area contributed by atoms with E-state index >= 15 is 0 Å². The van der Waals surface area contributed by atoms with Crippen molar-refractivity contribution in [1.82, 2.24) is 0 Å². The van der Waals surface area contributed by atoms with Gasteiger partial charge in [-0.2, -0.15) is 48.3 Å². The van der Waals surface area contributed by atoms with Crippen LogP contribution in [0.5, 0.6) is 0 Å². The predicted molar refractivity (Wildman–Crippen MR) is 55.6 cm³/mol. The summed E-state index contributed by atoms with van der Waals surface area (Å²) in [6.45, 7) is -1.21. The van der Waals surface area contributed by atoms with Crippen LogP contribution in [0.2, 0.25) is 0 Å². The summed E-state index contributed by atoms with van der Waals surface area (Å²) in [4.78, 5) is 2.96. The fourth-order valence-corrected chi connectivity index (χ4v) is 1.59. The van der Waals surface area contributed by atoms with Gasteiger partial charge in [0.15, 0.2) is 0 Å². The van der Waals surface area contributed by atoms with Crippen molar-refractivity contribution in [3.05, 3.63) is 0 Å². The van der Waals surface area contributed by atoms with Crippen LogP contribution in [0.3, 0.4) is 0 Å². The molecule has 25 heavy (non-hydrogen) atoms. The van der Waals surface area contributed by atoms with Gasteiger partial charge in [0.1, 0.15) is 0 Å². The number of ether oxygens (including phenoxy) is 2. The van der Waals surface area contributed by atoms with Crippen LogP contribution in [0.25, 0.3) is 0 Å². The second-order valence-corrected chi connectivity index (χ2v) is 4.69. The Morgan fingerprint density at radius 3 is 1.76 bits per heavy atom. The molecule has 1 atom stereocenters. The Morgan fingerprint density at radius 1 is 0.960 bits per heavy atom. The van der Waals surface area contributed by atoms with Gasteiger partial charge in [0.25, 0.3) is 5.90 Å². The maximum absolute atomic E-state index is 13.5. The number of hydrogen-bond donors (Lipinski definition) is 0. The van der Waals surface area contributed by atoms with E-state index in [1.165, 1.54) is 0 Å². The molecule has 0 radical (unpaired) electrons. The van der Waals surface area contributed by atoms with Gasteiger partial charge in [0, 0.05) is 5.88 Å². The Kier molecular flexibility index (Phi) is 5.65. The lowest BCUT2D eigenvalue weighted by atomic mass is 10.1. The summed E-state index contributed by atoms with van der Waals surface area (Å²) in [5.74, 6) is -13.5. The summed E-state index contributed by atoms with van der Waals surface area (Å²) in [5, 5.41) is 1.80. The van der Waals surface area contributed by atoms with Crippen LogP contribution < -0.4 is 0 Å². The van der Waals surface area contributed by atoms with Gasteiger partial charge in [-0.25, -0.2) is 0 Å². The molecule has 0 aliphatic carbocycles. The van der Waals surface area contributed by atoms with Crippen molar-refractivity contribution in [3.63, 3.8) is 0 Å². The average molecular weight is 420 g/mol. The predicted octanol–water partition coefficient (Wildman–Crippen LogP) is 4.19. The summed E-state index contributed by atoms with van der Waals surface area (Å²) in [7, 11) is 0. The highest BCUT2D eigenvalue weighted by Crippen LogP contribution is 2.52. The number of hydrogen-bond acceptors (Lipinski definition) is 4. The molecule has 16 heteroatoms. The fraction of sp³-hybridized carbons (Fsp3) is 0.889. The second-order valence-electron chi connectivity index (χ2n) is 4.31. The van der Waals surface area contributed by atoms with Gasteiger partial charge < -0.3 is 14.3 Å². The molecule has 0 aromatic rings. The van der Waals surface area contributed by atoms with E-state index in [9.17, 15) is 48.3 Å². The van der Waals surface area contributed by atoms with Crippen molar-refractivity contribution < 1.29 is 62.6 Å². The molecule has 0 spiro atoms. The number of alkyl halides is 12. The van der Waals surface area contributed by atoms with E-state index in [1.807, 2.05) is 0 Å². The number of nitrogens with zero attached hydrogens (tertiary/aromatic N) is 1. The monoisotopic (exact) mass is 419 g/mol. The first-order chi connectivity index (χ1) is 11.0. The minimum Gasteiger partial charge on any atom is -0.419 e. The van der Waals surface area contributed by atoms with Crippen LogP contribution in [0.1, 0.15) is 0 Å². The normalized spacial score (nSPS) is 19.9. The Balaban J connectivity index is 3.29. The minimum atomic E-state index is -6.49. The van der Waals surface area contributed by atoms with Gasteiger partial charge in [-0.15, -0.1) is 11.6 Å². The zero-order valence-electron chi connectivity index (χ0n) is 11.2. The second kappa shape index (κ2) is 6.48. The van der Waals surface area contributed by atoms with Gasteiger partial charge in [0.2, 0.25) is 5.92 Å². The molecule has 4 nitrogen and oxygen atoms in total. The molecule has 0 saturated carbocycles. The summed E-state index contributed by atoms with van der Waals surface area (Å²) < 4.78 is 147. The molecule has 1 aliphatic heterocycles. The lowest BCUT2D eigenvalue weighted by Crippen LogP contribution is -2.59. The highest BCUT2D eigenvalue weighted by atomic mass is 35.5. The van der Waals surface area contributed by atoms with Crippen LogP contribution in [0.4, 0.5) is 48.3 Å². The van der Waals surface area contributed by atoms with E-state index in [0.29, 0.717) is 0 Å². The van der Waals surface area contributed by atoms with Gasteiger partial charge in [-0.1, -0.05) is 0 Å². The lowest BCUT2D eigenvalue weighted by Gasteiger charge is -2.31. The first kappa shape index (κ1) is 21.8. The summed E-state index contributed by atoms with van der Waals surface area (Å²) in [6, 6.07) is 0. The van der Waals surface area contributed by atoms with Crippen LogP contribution in [-0.2, 0) is 14.3 Å². The van der Waals surface area contributed by atoms with Crippen molar-refractivity contribution in [2.75, 3.05) is 12.5 Å². The molecule has 1 rings (SSSR count). The number of halogens is 12. The van der Waals surface area contributed by atoms with Gasteiger partial charge in [-0.3, -0.25) is 0 Å². The molecular weight excluding hydrogens is 415 g/mol. The first-order valence-electron chi connectivity index (χ1n) is 5.72. The van der Waals surface area contributed by atoms with Gasteiger partial charge in [0.05, 0.1) is 6.61 Å². The molecule has 1 aliphatic rings. The maximum atomic E-state index is 13.5. The van der Waals surface area contributed by atoms with E-state index in [-0.39, 0.29) is 0 Å². The van der Waals surface area contributed by atoms with Crippen LogP contribution >= 0.6 is 11.6 Å². The third kappa shape index (κ3) is 4.12. The Labute approximate surface area is 135 Å². The Morgan fingerprint density at radius 2 is 1.44 bits per heavy atom. The maximum Gasteiger partial charge on any atom is 0.480 e. The van der Waals surface area contributed by atoms with Crippen LogP contribution in [0.15, 0.2) is 5.16 Å². The molecule has 0 fully saturated rings. The van der Waals surface area contributed by atoms with Crippen LogP contribution in [0, 0.1) is 5.92 Å². The molecule has 1 heterocycles. The lowest BCUT2D eigenvalue weighted by molar-refractivity contribution is -0.441. The van der Waals surface area contributed by atoms with Crippen molar-refractivity contribution in [3.8, 4) is 0 Å². The van der Waals surface area contributed by atoms with Crippen molar-refractivity contribution >= 4 is 17.5 Å².